The maximum atomic E-state index is 14.0. The van der Waals surface area contributed by atoms with Gasteiger partial charge in [-0.2, -0.15) is 0 Å². The molecule has 0 amide bonds. The van der Waals surface area contributed by atoms with Gasteiger partial charge in [0, 0.05) is 26.0 Å². The van der Waals surface area contributed by atoms with Crippen LogP contribution in [0.5, 0.6) is 11.5 Å². The van der Waals surface area contributed by atoms with Gasteiger partial charge in [-0.15, -0.1) is 0 Å². The summed E-state index contributed by atoms with van der Waals surface area (Å²) in [5.41, 5.74) is 2.64. The van der Waals surface area contributed by atoms with Crippen molar-refractivity contribution >= 4 is 5.97 Å². The lowest BCUT2D eigenvalue weighted by atomic mass is 9.65. The molecule has 2 atom stereocenters. The highest BCUT2D eigenvalue weighted by molar-refractivity contribution is 5.71. The highest BCUT2D eigenvalue weighted by Crippen LogP contribution is 2.48. The maximum Gasteiger partial charge on any atom is 0.332 e. The molecule has 37 heavy (non-hydrogen) atoms. The van der Waals surface area contributed by atoms with Gasteiger partial charge in [0.05, 0.1) is 14.2 Å². The molecule has 3 rings (SSSR count). The summed E-state index contributed by atoms with van der Waals surface area (Å²) in [6.07, 6.45) is 3.96. The van der Waals surface area contributed by atoms with Crippen LogP contribution in [0.1, 0.15) is 55.7 Å². The van der Waals surface area contributed by atoms with Crippen LogP contribution in [-0.2, 0) is 27.1 Å². The fourth-order valence-corrected chi connectivity index (χ4v) is 5.75. The van der Waals surface area contributed by atoms with Crippen LogP contribution in [0.25, 0.3) is 0 Å². The van der Waals surface area contributed by atoms with Gasteiger partial charge >= 0.3 is 5.97 Å². The molecular weight excluding hydrogens is 473 g/mol. The molecule has 1 aliphatic carbocycles. The third kappa shape index (κ3) is 7.23. The molecule has 2 aromatic carbocycles. The number of aryl methyl sites for hydroxylation is 2. The van der Waals surface area contributed by atoms with Crippen molar-refractivity contribution in [2.24, 2.45) is 5.92 Å². The second kappa shape index (κ2) is 13.2. The summed E-state index contributed by atoms with van der Waals surface area (Å²) >= 11 is 0. The van der Waals surface area contributed by atoms with E-state index >= 15 is 0 Å². The monoisotopic (exact) mass is 515 g/mol. The third-order valence-corrected chi connectivity index (χ3v) is 7.44. The van der Waals surface area contributed by atoms with Crippen LogP contribution in [0.3, 0.4) is 0 Å². The minimum Gasteiger partial charge on any atom is -0.493 e. The highest BCUT2D eigenvalue weighted by atomic mass is 19.1. The molecule has 1 aliphatic rings. The van der Waals surface area contributed by atoms with E-state index in [9.17, 15) is 9.18 Å². The zero-order valence-electron chi connectivity index (χ0n) is 23.1. The molecule has 0 heterocycles. The largest absolute Gasteiger partial charge is 0.493 e. The smallest absolute Gasteiger partial charge is 0.332 e. The number of methoxy groups -OCH3 is 3. The Kier molecular flexibility index (Phi) is 10.4. The summed E-state index contributed by atoms with van der Waals surface area (Å²) in [5.74, 6) is 1.10. The molecule has 0 spiro atoms. The highest BCUT2D eigenvalue weighted by Gasteiger charge is 2.47. The number of benzene rings is 2. The lowest BCUT2D eigenvalue weighted by Crippen LogP contribution is -2.49. The molecule has 6 nitrogen and oxygen atoms in total. The van der Waals surface area contributed by atoms with Gasteiger partial charge in [0.1, 0.15) is 18.0 Å². The number of ether oxygens (including phenoxy) is 4. The minimum atomic E-state index is -0.660. The Morgan fingerprint density at radius 2 is 1.84 bits per heavy atom. The van der Waals surface area contributed by atoms with Gasteiger partial charge in [-0.1, -0.05) is 26.0 Å². The normalized spacial score (nSPS) is 19.1. The molecule has 0 aliphatic heterocycles. The van der Waals surface area contributed by atoms with Crippen molar-refractivity contribution < 1.29 is 28.1 Å². The van der Waals surface area contributed by atoms with E-state index in [1.54, 1.807) is 20.3 Å². The molecule has 0 unspecified atom stereocenters. The van der Waals surface area contributed by atoms with E-state index in [-0.39, 0.29) is 30.2 Å². The molecule has 0 radical (unpaired) electrons. The molecule has 204 valence electrons. The molecule has 0 aromatic heterocycles. The Labute approximate surface area is 221 Å². The lowest BCUT2D eigenvalue weighted by molar-refractivity contribution is -0.172. The third-order valence-electron chi connectivity index (χ3n) is 7.44. The van der Waals surface area contributed by atoms with Crippen LogP contribution in [0.15, 0.2) is 36.4 Å². The van der Waals surface area contributed by atoms with Crippen molar-refractivity contribution in [1.29, 1.82) is 0 Å². The fraction of sp³-hybridized carbons (Fsp3) is 0.567. The molecule has 0 N–H and O–H groups in total. The molecule has 2 aromatic rings. The van der Waals surface area contributed by atoms with Crippen LogP contribution >= 0.6 is 0 Å². The predicted molar refractivity (Wildman–Crippen MR) is 143 cm³/mol. The number of esters is 1. The van der Waals surface area contributed by atoms with E-state index < -0.39 is 5.60 Å². The second-order valence-electron chi connectivity index (χ2n) is 10.4. The predicted octanol–water partition coefficient (Wildman–Crippen LogP) is 5.41. The molecule has 0 bridgehead atoms. The van der Waals surface area contributed by atoms with Crippen molar-refractivity contribution in [1.82, 2.24) is 4.90 Å². The van der Waals surface area contributed by atoms with E-state index in [0.29, 0.717) is 19.3 Å². The van der Waals surface area contributed by atoms with E-state index in [1.807, 2.05) is 18.2 Å². The maximum absolute atomic E-state index is 14.0. The number of nitrogens with zero attached hydrogens (tertiary/aromatic N) is 1. The van der Waals surface area contributed by atoms with Crippen LogP contribution in [-0.4, -0.2) is 64.5 Å². The zero-order valence-corrected chi connectivity index (χ0v) is 23.1. The van der Waals surface area contributed by atoms with Gasteiger partial charge in [0.2, 0.25) is 0 Å². The summed E-state index contributed by atoms with van der Waals surface area (Å²) in [6, 6.07) is 11.1. The standard InChI is InChI=1S/C30H42FNO5/c1-21(2)29-25-11-10-24(31)19-23(25)13-14-30(29,37-28(33)20-34-4)15-17-32(3)16-7-8-22-9-12-26(35-5)27(18-22)36-6/h9-12,18-19,21,29H,7-8,13-17,20H2,1-6H3/t29-,30-/m1/s1. The second-order valence-corrected chi connectivity index (χ2v) is 10.4. The van der Waals surface area contributed by atoms with Crippen molar-refractivity contribution in [2.75, 3.05) is 48.1 Å². The Morgan fingerprint density at radius 1 is 1.08 bits per heavy atom. The molecule has 7 heteroatoms. The average Bonchev–Trinajstić information content (AvgIpc) is 2.87. The van der Waals surface area contributed by atoms with Crippen LogP contribution < -0.4 is 9.47 Å². The van der Waals surface area contributed by atoms with E-state index in [2.05, 4.69) is 31.9 Å². The Hall–Kier alpha value is -2.64. The van der Waals surface area contributed by atoms with Gasteiger partial charge < -0.3 is 23.8 Å². The van der Waals surface area contributed by atoms with E-state index in [0.717, 1.165) is 48.6 Å². The quantitative estimate of drug-likeness (QED) is 0.333. The number of halogens is 1. The SMILES string of the molecule is COCC(=O)O[C@@]1(CCN(C)CCCc2ccc(OC)c(OC)c2)CCc2cc(F)ccc2[C@H]1C(C)C. The topological polar surface area (TPSA) is 57.2 Å². The first-order chi connectivity index (χ1) is 17.7. The first-order valence-corrected chi connectivity index (χ1v) is 13.1. The number of hydrogen-bond acceptors (Lipinski definition) is 6. The van der Waals surface area contributed by atoms with Crippen LogP contribution in [0.2, 0.25) is 0 Å². The van der Waals surface area contributed by atoms with Crippen molar-refractivity contribution in [3.8, 4) is 11.5 Å². The Morgan fingerprint density at radius 3 is 2.51 bits per heavy atom. The van der Waals surface area contributed by atoms with Gasteiger partial charge in [0.15, 0.2) is 11.5 Å². The number of carbonyl (C=O) groups is 1. The number of carbonyl (C=O) groups excluding carboxylic acids is 1. The van der Waals surface area contributed by atoms with Crippen LogP contribution in [0, 0.1) is 11.7 Å². The van der Waals surface area contributed by atoms with Gasteiger partial charge in [-0.05, 0) is 86.1 Å². The number of hydrogen-bond donors (Lipinski definition) is 0. The number of fused-ring (bicyclic) bond motifs is 1. The Balaban J connectivity index is 1.70. The Bertz CT molecular complexity index is 1040. The summed E-state index contributed by atoms with van der Waals surface area (Å²) in [7, 11) is 6.89. The van der Waals surface area contributed by atoms with Gasteiger partial charge in [-0.3, -0.25) is 0 Å². The first-order valence-electron chi connectivity index (χ1n) is 13.1. The summed E-state index contributed by atoms with van der Waals surface area (Å²) < 4.78 is 36.1. The first kappa shape index (κ1) is 28.9. The minimum absolute atomic E-state index is 0.0159. The van der Waals surface area contributed by atoms with E-state index in [1.165, 1.54) is 18.7 Å². The fourth-order valence-electron chi connectivity index (χ4n) is 5.75. The number of rotatable bonds is 13. The molecule has 0 saturated heterocycles. The lowest BCUT2D eigenvalue weighted by Gasteiger charge is -2.47. The van der Waals surface area contributed by atoms with Gasteiger partial charge in [0.25, 0.3) is 0 Å². The van der Waals surface area contributed by atoms with E-state index in [4.69, 9.17) is 18.9 Å². The summed E-state index contributed by atoms with van der Waals surface area (Å²) in [6.45, 7) is 5.91. The molecule has 0 fully saturated rings. The van der Waals surface area contributed by atoms with Crippen LogP contribution in [0.4, 0.5) is 4.39 Å². The molecule has 0 saturated carbocycles. The van der Waals surface area contributed by atoms with Crippen molar-refractivity contribution in [2.45, 2.75) is 57.5 Å². The van der Waals surface area contributed by atoms with Crippen molar-refractivity contribution in [3.05, 3.63) is 58.9 Å². The summed E-state index contributed by atoms with van der Waals surface area (Å²) in [4.78, 5) is 15.0. The van der Waals surface area contributed by atoms with Crippen molar-refractivity contribution in [3.63, 3.8) is 0 Å². The average molecular weight is 516 g/mol. The van der Waals surface area contributed by atoms with Gasteiger partial charge in [-0.25, -0.2) is 9.18 Å². The summed E-state index contributed by atoms with van der Waals surface area (Å²) in [5, 5.41) is 0. The molecular formula is C30H42FNO5. The zero-order chi connectivity index (χ0) is 27.0.